The van der Waals surface area contributed by atoms with E-state index in [-0.39, 0.29) is 29.2 Å². The van der Waals surface area contributed by atoms with Crippen molar-refractivity contribution >= 4 is 70.9 Å². The van der Waals surface area contributed by atoms with Gasteiger partial charge in [0.2, 0.25) is 41.4 Å². The molecule has 0 bridgehead atoms. The van der Waals surface area contributed by atoms with Gasteiger partial charge in [0, 0.05) is 61.5 Å². The Hall–Kier alpha value is -8.61. The molecule has 31 nitrogen and oxygen atoms in total. The molecule has 0 aliphatic carbocycles. The Labute approximate surface area is 546 Å². The summed E-state index contributed by atoms with van der Waals surface area (Å²) in [5, 5.41) is 112. The van der Waals surface area contributed by atoms with Crippen LogP contribution in [0.3, 0.4) is 0 Å². The van der Waals surface area contributed by atoms with Gasteiger partial charge in [0.15, 0.2) is 11.5 Å². The maximum atomic E-state index is 14.7. The van der Waals surface area contributed by atoms with Crippen LogP contribution in [0.5, 0.6) is 23.0 Å². The number of unbranched alkanes of at least 4 members (excludes halogenated alkanes) is 2. The lowest BCUT2D eigenvalue weighted by Crippen LogP contribution is -2.64. The molecule has 8 amide bonds. The number of nitrogens with one attached hydrogen (secondary N) is 5. The van der Waals surface area contributed by atoms with Gasteiger partial charge in [0.05, 0.1) is 56.3 Å². The van der Waals surface area contributed by atoms with Crippen LogP contribution in [0, 0.1) is 5.92 Å². The number of fused-ring (bicyclic) bond motifs is 2. The Morgan fingerprint density at radius 1 is 0.723 bits per heavy atom. The van der Waals surface area contributed by atoms with Gasteiger partial charge in [0.1, 0.15) is 57.8 Å². The van der Waals surface area contributed by atoms with Crippen LogP contribution < -0.4 is 46.0 Å². The van der Waals surface area contributed by atoms with Crippen molar-refractivity contribution in [2.45, 2.75) is 132 Å². The van der Waals surface area contributed by atoms with E-state index < -0.39 is 177 Å². The van der Waals surface area contributed by atoms with E-state index in [1.807, 2.05) is 54.6 Å². The Morgan fingerprint density at radius 3 is 1.98 bits per heavy atom. The molecule has 3 aliphatic heterocycles. The number of aliphatic hydroxyl groups is 6. The predicted molar refractivity (Wildman–Crippen MR) is 332 cm³/mol. The number of carbonyl (C=O) groups is 8. The number of carbonyl (C=O) groups excluding carboxylic acids is 8. The molecule has 94 heavy (non-hydrogen) atoms. The van der Waals surface area contributed by atoms with E-state index in [0.29, 0.717) is 34.5 Å². The van der Waals surface area contributed by atoms with E-state index in [9.17, 15) is 74.1 Å². The molecule has 5 aromatic rings. The van der Waals surface area contributed by atoms with Crippen molar-refractivity contribution in [1.82, 2.24) is 46.6 Å². The van der Waals surface area contributed by atoms with Crippen molar-refractivity contribution in [3.8, 4) is 44.1 Å². The van der Waals surface area contributed by atoms with Crippen LogP contribution in [0.15, 0.2) is 97.1 Å². The minimum atomic E-state index is -2.22. The maximum Gasteiger partial charge on any atom is 0.261 e. The number of phenolic OH excluding ortho intramolecular Hbond substituents is 1. The van der Waals surface area contributed by atoms with Crippen molar-refractivity contribution in [2.75, 3.05) is 32.8 Å². The van der Waals surface area contributed by atoms with E-state index in [0.717, 1.165) is 59.4 Å². The van der Waals surface area contributed by atoms with E-state index in [2.05, 4.69) is 46.2 Å². The van der Waals surface area contributed by atoms with Crippen LogP contribution in [-0.4, -0.2) is 214 Å². The third-order valence-corrected chi connectivity index (χ3v) is 17.2. The first kappa shape index (κ1) is 71.2. The van der Waals surface area contributed by atoms with Crippen LogP contribution in [-0.2, 0) is 49.4 Å². The van der Waals surface area contributed by atoms with Crippen molar-refractivity contribution in [2.24, 2.45) is 11.7 Å². The minimum absolute atomic E-state index is 0.00355. The van der Waals surface area contributed by atoms with E-state index in [1.165, 1.54) is 36.5 Å². The molecule has 13 atom stereocenters. The highest BCUT2D eigenvalue weighted by Crippen LogP contribution is 2.33. The quantitative estimate of drug-likeness (QED) is 0.0168. The summed E-state index contributed by atoms with van der Waals surface area (Å²) in [6.07, 6.45) is -11.0. The molecule has 3 fully saturated rings. The number of hydrogen-bond acceptors (Lipinski definition) is 25. The van der Waals surface area contributed by atoms with Crippen LogP contribution in [0.25, 0.3) is 21.1 Å². The smallest absolute Gasteiger partial charge is 0.261 e. The molecule has 506 valence electrons. The summed E-state index contributed by atoms with van der Waals surface area (Å²) in [6, 6.07) is 14.8. The molecule has 3 aliphatic rings. The molecule has 3 saturated heterocycles. The van der Waals surface area contributed by atoms with Crippen LogP contribution in [0.4, 0.5) is 0 Å². The number of amides is 8. The predicted octanol–water partition coefficient (Wildman–Crippen LogP) is -0.607. The third-order valence-electron chi connectivity index (χ3n) is 15.8. The lowest BCUT2D eigenvalue weighted by Gasteiger charge is -2.33. The average molecular weight is 1350 g/mol. The molecule has 8 rings (SSSR count). The highest BCUT2D eigenvalue weighted by molar-refractivity contribution is 7.90. The zero-order chi connectivity index (χ0) is 67.8. The topological polar surface area (TPSA) is 463 Å². The Balaban J connectivity index is 1.02. The van der Waals surface area contributed by atoms with Crippen molar-refractivity contribution in [3.63, 3.8) is 0 Å². The van der Waals surface area contributed by atoms with Gasteiger partial charge < -0.3 is 91.5 Å². The number of aliphatic hydroxyl groups excluding tert-OH is 6. The number of rotatable bonds is 23. The van der Waals surface area contributed by atoms with Crippen molar-refractivity contribution < 1.29 is 102 Å². The monoisotopic (exact) mass is 1350 g/mol. The summed E-state index contributed by atoms with van der Waals surface area (Å²) < 4.78 is 21.0. The number of para-hydroxylation sites is 1. The Bertz CT molecular complexity index is 3430. The van der Waals surface area contributed by atoms with Crippen LogP contribution in [0.1, 0.15) is 68.3 Å². The highest BCUT2D eigenvalue weighted by Gasteiger charge is 2.50. The zero-order valence-electron chi connectivity index (χ0n) is 50.8. The number of ether oxygens (including phenoxy) is 2. The van der Waals surface area contributed by atoms with Gasteiger partial charge in [-0.3, -0.25) is 38.4 Å². The van der Waals surface area contributed by atoms with Gasteiger partial charge in [-0.25, -0.2) is 5.26 Å². The molecule has 0 saturated carbocycles. The largest absolute Gasteiger partial charge is 0.504 e. The van der Waals surface area contributed by atoms with Crippen molar-refractivity contribution in [1.29, 1.82) is 0 Å². The van der Waals surface area contributed by atoms with E-state index >= 15 is 0 Å². The van der Waals surface area contributed by atoms with Gasteiger partial charge in [-0.05, 0) is 92.4 Å². The average Bonchev–Trinajstić information content (AvgIpc) is 1.62. The fourth-order valence-electron chi connectivity index (χ4n) is 10.9. The maximum absolute atomic E-state index is 14.7. The summed E-state index contributed by atoms with van der Waals surface area (Å²) in [5.74, 6) is -9.62. The van der Waals surface area contributed by atoms with Gasteiger partial charge >= 0.3 is 0 Å². The molecular formula is C61H74N10O21S2. The van der Waals surface area contributed by atoms with Gasteiger partial charge in [-0.2, -0.15) is 0 Å². The number of primary amides is 1. The summed E-state index contributed by atoms with van der Waals surface area (Å²) >= 11 is 1.33. The molecule has 0 radical (unpaired) electrons. The first-order chi connectivity index (χ1) is 45.0. The number of β-amino-alcohol motifs (C(OH)–C–C–N with tert-alkyl or cyclic N) is 1. The normalized spacial score (nSPS) is 24.3. The summed E-state index contributed by atoms with van der Waals surface area (Å²) in [4.78, 5) is 115. The Morgan fingerprint density at radius 2 is 1.34 bits per heavy atom. The number of aromatic hydroxyl groups is 1. The molecule has 1 aromatic heterocycles. The first-order valence-electron chi connectivity index (χ1n) is 30.0. The molecular weight excluding hydrogens is 1270 g/mol. The summed E-state index contributed by atoms with van der Waals surface area (Å²) in [6.45, 7) is 1.99. The zero-order valence-corrected chi connectivity index (χ0v) is 52.4. The second kappa shape index (κ2) is 33.5. The number of aromatic nitrogens is 2. The summed E-state index contributed by atoms with van der Waals surface area (Å²) in [7, 11) is 0. The fraction of sp³-hybridized carbons (Fsp3) is 0.443. The minimum Gasteiger partial charge on any atom is -0.504 e. The second-order valence-corrected chi connectivity index (χ2v) is 24.3. The molecule has 13 unspecified atom stereocenters. The lowest BCUT2D eigenvalue weighted by molar-refractivity contribution is -0.433. The Kier molecular flexibility index (Phi) is 25.4. The standard InChI is InChI=1S/C61H74N10O21S2/c1-31-29-71-51(52(31)79)57(84)63-28-37(73)25-41(64-53(80)34-12-14-35(15-13-34)58-68-69-59(93-58)36-16-18-40(19-17-36)89-22-8-4-7-21-88-39-9-5-3-6-10-39)54(81)65-48(32(2)72)60(85)70-30-38(74)26-42(70)55(82)66-49(56(83)67-50(61(71)86)45(77)27-47(62)78)44(76)23-33-11-20-43(75)46(24-33)90-94-92-91-87/h3,5-6,9-20,24,31-32,37-38,41-42,44-45,48-52,72-77,79,87H,4,7-8,21-23,25-30H2,1-2H3,(H2,62,78)(H,63,84)(H,64,80)(H,65,81)(H,66,82)(H,67,83). The van der Waals surface area contributed by atoms with Crippen LogP contribution >= 0.6 is 23.7 Å². The SMILES string of the molecule is CC(O)C1NC(=O)C(NC(=O)c2ccc(-c3nnc(-c4ccc(OCCCCCOc5ccccc5)cc4)s3)cc2)CC(O)CNC(=O)C2C(O)C(C)CN2C(=O)C(C(O)CC(N)=O)NC(=O)C(C(O)Cc2ccc(O)c(OSOOO)c2)NC(=O)C2CC(O)CN2C1=O. The number of phenols is 1. The highest BCUT2D eigenvalue weighted by atomic mass is 32.2. The van der Waals surface area contributed by atoms with Gasteiger partial charge in [-0.15, -0.1) is 10.2 Å². The molecule has 4 heterocycles. The van der Waals surface area contributed by atoms with Crippen LogP contribution in [0.2, 0.25) is 0 Å². The van der Waals surface area contributed by atoms with Gasteiger partial charge in [-0.1, -0.05) is 64.0 Å². The number of nitrogens with zero attached hydrogens (tertiary/aromatic N) is 4. The number of nitrogens with two attached hydrogens (primary N) is 1. The number of benzene rings is 4. The molecule has 33 heteroatoms. The first-order valence-corrected chi connectivity index (χ1v) is 31.4. The second-order valence-electron chi connectivity index (χ2n) is 22.8. The van der Waals surface area contributed by atoms with Crippen molar-refractivity contribution in [3.05, 3.63) is 108 Å². The summed E-state index contributed by atoms with van der Waals surface area (Å²) in [5.41, 5.74) is 6.84. The fourth-order valence-corrected chi connectivity index (χ4v) is 12.0. The number of hydrogen-bond donors (Lipinski definition) is 14. The third kappa shape index (κ3) is 18.8. The molecule has 15 N–H and O–H groups in total. The lowest BCUT2D eigenvalue weighted by atomic mass is 9.98. The van der Waals surface area contributed by atoms with Gasteiger partial charge in [0.25, 0.3) is 18.2 Å². The molecule has 4 aromatic carbocycles. The molecule has 0 spiro atoms. The van der Waals surface area contributed by atoms with E-state index in [1.54, 1.807) is 12.1 Å². The van der Waals surface area contributed by atoms with E-state index in [4.69, 9.17) is 24.6 Å².